The smallest absolute Gasteiger partial charge is 0.411 e. The summed E-state index contributed by atoms with van der Waals surface area (Å²) in [6.45, 7) is 2.64. The first-order chi connectivity index (χ1) is 15.2. The quantitative estimate of drug-likeness (QED) is 0.604. The van der Waals surface area contributed by atoms with Gasteiger partial charge in [0.2, 0.25) is 0 Å². The van der Waals surface area contributed by atoms with Gasteiger partial charge in [-0.15, -0.1) is 5.10 Å². The Morgan fingerprint density at radius 3 is 2.65 bits per heavy atom. The van der Waals surface area contributed by atoms with E-state index in [1.54, 1.807) is 24.5 Å². The molecule has 2 aliphatic heterocycles. The highest BCUT2D eigenvalue weighted by Gasteiger charge is 2.33. The van der Waals surface area contributed by atoms with Crippen molar-refractivity contribution in [2.24, 2.45) is 0 Å². The van der Waals surface area contributed by atoms with Crippen LogP contribution >= 0.6 is 11.8 Å². The average Bonchev–Trinajstić information content (AvgIpc) is 3.48. The summed E-state index contributed by atoms with van der Waals surface area (Å²) >= 11 is 1.95. The average molecular weight is 441 g/mol. The Morgan fingerprint density at radius 2 is 2.00 bits per heavy atom. The molecule has 1 amide bonds. The summed E-state index contributed by atoms with van der Waals surface area (Å²) in [7, 11) is 0. The van der Waals surface area contributed by atoms with Gasteiger partial charge >= 0.3 is 6.09 Å². The molecule has 1 atom stereocenters. The molecule has 1 aromatic carbocycles. The molecule has 2 fully saturated rings. The van der Waals surface area contributed by atoms with Crippen LogP contribution in [0.1, 0.15) is 11.7 Å². The summed E-state index contributed by atoms with van der Waals surface area (Å²) in [4.78, 5) is 20.5. The highest BCUT2D eigenvalue weighted by molar-refractivity contribution is 7.99. The normalized spacial score (nSPS) is 17.6. The number of halogens is 1. The van der Waals surface area contributed by atoms with Gasteiger partial charge in [0.1, 0.15) is 18.2 Å². The van der Waals surface area contributed by atoms with Gasteiger partial charge in [0, 0.05) is 48.1 Å². The van der Waals surface area contributed by atoms with Crippen molar-refractivity contribution in [2.75, 3.05) is 42.6 Å². The molecule has 2 saturated heterocycles. The van der Waals surface area contributed by atoms with Gasteiger partial charge in [-0.1, -0.05) is 17.3 Å². The largest absolute Gasteiger partial charge is 0.447 e. The Balaban J connectivity index is 1.43. The van der Waals surface area contributed by atoms with Crippen molar-refractivity contribution < 1.29 is 13.9 Å². The molecule has 0 radical (unpaired) electrons. The molecule has 0 bridgehead atoms. The summed E-state index contributed by atoms with van der Waals surface area (Å²) in [5.74, 6) is 2.72. The van der Waals surface area contributed by atoms with E-state index in [9.17, 15) is 4.79 Å². The molecule has 4 heterocycles. The number of thioether (sulfide) groups is 1. The number of hydrogen-bond donors (Lipinski definition) is 0. The zero-order chi connectivity index (χ0) is 21.2. The van der Waals surface area contributed by atoms with Gasteiger partial charge in [0.25, 0.3) is 0 Å². The van der Waals surface area contributed by atoms with Gasteiger partial charge in [-0.25, -0.2) is 18.9 Å². The second kappa shape index (κ2) is 8.54. The predicted octanol–water partition coefficient (Wildman–Crippen LogP) is 3.03. The van der Waals surface area contributed by atoms with E-state index in [2.05, 4.69) is 20.2 Å². The minimum absolute atomic E-state index is 0.290. The molecular formula is C21H21FN6O2S. The Kier molecular flexibility index (Phi) is 5.46. The molecule has 2 aromatic heterocycles. The molecule has 0 N–H and O–H groups in total. The summed E-state index contributed by atoms with van der Waals surface area (Å²) in [5, 5.41) is 7.84. The van der Waals surface area contributed by atoms with E-state index in [0.29, 0.717) is 23.2 Å². The van der Waals surface area contributed by atoms with Crippen molar-refractivity contribution >= 4 is 23.7 Å². The standard InChI is InChI=1S/C21H21FN6O2S/c22-18-13-15(20(28-6-5-24-25-28)27-7-10-30-21(27)29)1-3-17(18)16-2-4-19(23-14-16)26-8-11-31-12-9-26/h1-6,13-14,20H,7-12H2/t20-/m0/s1. The van der Waals surface area contributed by atoms with Crippen molar-refractivity contribution in [3.63, 3.8) is 0 Å². The molecular weight excluding hydrogens is 419 g/mol. The fourth-order valence-electron chi connectivity index (χ4n) is 3.90. The van der Waals surface area contributed by atoms with Crippen LogP contribution in [0.3, 0.4) is 0 Å². The lowest BCUT2D eigenvalue weighted by Gasteiger charge is -2.27. The summed E-state index contributed by atoms with van der Waals surface area (Å²) < 4.78 is 21.7. The first kappa shape index (κ1) is 19.8. The van der Waals surface area contributed by atoms with Crippen LogP contribution in [0.5, 0.6) is 0 Å². The van der Waals surface area contributed by atoms with Crippen molar-refractivity contribution in [1.82, 2.24) is 24.9 Å². The van der Waals surface area contributed by atoms with Gasteiger partial charge in [-0.05, 0) is 23.8 Å². The monoisotopic (exact) mass is 440 g/mol. The number of pyridine rings is 1. The number of aromatic nitrogens is 4. The second-order valence-corrected chi connectivity index (χ2v) is 8.53. The number of ether oxygens (including phenoxy) is 1. The third-order valence-electron chi connectivity index (χ3n) is 5.46. The molecule has 0 saturated carbocycles. The minimum Gasteiger partial charge on any atom is -0.447 e. The van der Waals surface area contributed by atoms with Crippen LogP contribution in [-0.2, 0) is 4.74 Å². The van der Waals surface area contributed by atoms with Gasteiger partial charge < -0.3 is 9.64 Å². The highest BCUT2D eigenvalue weighted by atomic mass is 32.2. The number of carbonyl (C=O) groups excluding carboxylic acids is 1. The van der Waals surface area contributed by atoms with Gasteiger partial charge in [-0.3, -0.25) is 4.90 Å². The summed E-state index contributed by atoms with van der Waals surface area (Å²) in [6, 6.07) is 8.78. The predicted molar refractivity (Wildman–Crippen MR) is 115 cm³/mol. The third-order valence-corrected chi connectivity index (χ3v) is 6.41. The number of benzene rings is 1. The van der Waals surface area contributed by atoms with E-state index < -0.39 is 12.3 Å². The van der Waals surface area contributed by atoms with Crippen LogP contribution in [0.15, 0.2) is 48.9 Å². The zero-order valence-corrected chi connectivity index (χ0v) is 17.5. The number of rotatable bonds is 5. The maximum absolute atomic E-state index is 15.2. The fourth-order valence-corrected chi connectivity index (χ4v) is 4.80. The van der Waals surface area contributed by atoms with E-state index in [0.717, 1.165) is 30.4 Å². The molecule has 2 aliphatic rings. The van der Waals surface area contributed by atoms with Crippen LogP contribution in [0, 0.1) is 5.82 Å². The van der Waals surface area contributed by atoms with Crippen LogP contribution in [0.25, 0.3) is 11.1 Å². The maximum Gasteiger partial charge on any atom is 0.411 e. The number of cyclic esters (lactones) is 1. The van der Waals surface area contributed by atoms with Gasteiger partial charge in [0.05, 0.1) is 12.7 Å². The Bertz CT molecular complexity index is 1060. The van der Waals surface area contributed by atoms with Gasteiger partial charge in [-0.2, -0.15) is 11.8 Å². The lowest BCUT2D eigenvalue weighted by molar-refractivity contribution is 0.139. The highest BCUT2D eigenvalue weighted by Crippen LogP contribution is 2.30. The van der Waals surface area contributed by atoms with E-state index in [1.165, 1.54) is 21.8 Å². The van der Waals surface area contributed by atoms with Crippen molar-refractivity contribution in [3.8, 4) is 11.1 Å². The Labute approximate surface area is 183 Å². The number of nitrogens with zero attached hydrogens (tertiary/aromatic N) is 6. The fraction of sp³-hybridized carbons (Fsp3) is 0.333. The van der Waals surface area contributed by atoms with Crippen molar-refractivity contribution in [3.05, 3.63) is 60.3 Å². The Hall–Kier alpha value is -3.14. The van der Waals surface area contributed by atoms with Crippen molar-refractivity contribution in [1.29, 1.82) is 0 Å². The first-order valence-corrected chi connectivity index (χ1v) is 11.2. The van der Waals surface area contributed by atoms with Crippen LogP contribution < -0.4 is 4.90 Å². The number of anilines is 1. The molecule has 0 spiro atoms. The molecule has 8 nitrogen and oxygen atoms in total. The van der Waals surface area contributed by atoms with Crippen LogP contribution in [0.2, 0.25) is 0 Å². The first-order valence-electron chi connectivity index (χ1n) is 10.1. The molecule has 31 heavy (non-hydrogen) atoms. The lowest BCUT2D eigenvalue weighted by Crippen LogP contribution is -2.34. The van der Waals surface area contributed by atoms with E-state index >= 15 is 4.39 Å². The topological polar surface area (TPSA) is 76.4 Å². The van der Waals surface area contributed by atoms with Crippen LogP contribution in [-0.4, -0.2) is 68.7 Å². The zero-order valence-electron chi connectivity index (χ0n) is 16.7. The van der Waals surface area contributed by atoms with E-state index in [4.69, 9.17) is 4.74 Å². The molecule has 0 aliphatic carbocycles. The van der Waals surface area contributed by atoms with E-state index in [1.807, 2.05) is 23.9 Å². The summed E-state index contributed by atoms with van der Waals surface area (Å²) in [6.07, 6.45) is 3.79. The Morgan fingerprint density at radius 1 is 1.13 bits per heavy atom. The molecule has 10 heteroatoms. The third kappa shape index (κ3) is 3.95. The minimum atomic E-state index is -0.626. The molecule has 0 unspecified atom stereocenters. The molecule has 160 valence electrons. The molecule has 5 rings (SSSR count). The van der Waals surface area contributed by atoms with Crippen LogP contribution in [0.4, 0.5) is 15.0 Å². The summed E-state index contributed by atoms with van der Waals surface area (Å²) in [5.41, 5.74) is 1.75. The second-order valence-electron chi connectivity index (χ2n) is 7.31. The number of carbonyl (C=O) groups is 1. The number of hydrogen-bond acceptors (Lipinski definition) is 7. The SMILES string of the molecule is O=C1OCCN1[C@H](c1ccc(-c2ccc(N3CCSCC3)nc2)c(F)c1)n1ccnn1. The van der Waals surface area contributed by atoms with Crippen molar-refractivity contribution in [2.45, 2.75) is 6.17 Å². The van der Waals surface area contributed by atoms with E-state index in [-0.39, 0.29) is 12.4 Å². The maximum atomic E-state index is 15.2. The lowest BCUT2D eigenvalue weighted by atomic mass is 10.0. The number of amides is 1. The molecule has 3 aromatic rings. The van der Waals surface area contributed by atoms with Gasteiger partial charge in [0.15, 0.2) is 6.17 Å².